The lowest BCUT2D eigenvalue weighted by Crippen LogP contribution is -2.59. The first-order valence-corrected chi connectivity index (χ1v) is 5.80. The van der Waals surface area contributed by atoms with Crippen molar-refractivity contribution in [3.05, 3.63) is 23.8 Å². The van der Waals surface area contributed by atoms with Gasteiger partial charge in [0, 0.05) is 13.6 Å². The lowest BCUT2D eigenvalue weighted by molar-refractivity contribution is 0.249. The molecule has 0 bridgehead atoms. The lowest BCUT2D eigenvalue weighted by atomic mass is 9.74. The van der Waals surface area contributed by atoms with Crippen molar-refractivity contribution in [1.82, 2.24) is 0 Å². The molecule has 0 radical (unpaired) electrons. The lowest BCUT2D eigenvalue weighted by Gasteiger charge is -2.53. The number of anilines is 2. The number of nitrogens with one attached hydrogen (secondary N) is 1. The summed E-state index contributed by atoms with van der Waals surface area (Å²) in [6.45, 7) is 3.26. The van der Waals surface area contributed by atoms with E-state index in [0.717, 1.165) is 6.54 Å². The van der Waals surface area contributed by atoms with Gasteiger partial charge in [-0.1, -0.05) is 6.07 Å². The summed E-state index contributed by atoms with van der Waals surface area (Å²) < 4.78 is 0. The van der Waals surface area contributed by atoms with Crippen LogP contribution in [0.15, 0.2) is 18.2 Å². The molecule has 3 rings (SSSR count). The summed E-state index contributed by atoms with van der Waals surface area (Å²) >= 11 is 0. The Bertz CT molecular complexity index is 394. The topological polar surface area (TPSA) is 15.3 Å². The predicted molar refractivity (Wildman–Crippen MR) is 64.7 cm³/mol. The van der Waals surface area contributed by atoms with Crippen LogP contribution in [0.5, 0.6) is 0 Å². The van der Waals surface area contributed by atoms with Gasteiger partial charge in [0.25, 0.3) is 0 Å². The molecule has 1 aromatic rings. The molecule has 15 heavy (non-hydrogen) atoms. The molecule has 80 valence electrons. The van der Waals surface area contributed by atoms with Gasteiger partial charge in [-0.15, -0.1) is 0 Å². The summed E-state index contributed by atoms with van der Waals surface area (Å²) in [5.41, 5.74) is 4.42. The molecule has 1 spiro atoms. The molecule has 1 aliphatic carbocycles. The highest BCUT2D eigenvalue weighted by atomic mass is 15.3. The molecule has 1 aromatic carbocycles. The minimum atomic E-state index is 0.419. The van der Waals surface area contributed by atoms with Crippen molar-refractivity contribution in [1.29, 1.82) is 0 Å². The molecule has 1 fully saturated rings. The van der Waals surface area contributed by atoms with Crippen LogP contribution in [-0.4, -0.2) is 19.1 Å². The van der Waals surface area contributed by atoms with E-state index in [4.69, 9.17) is 0 Å². The third-order valence-corrected chi connectivity index (χ3v) is 4.12. The summed E-state index contributed by atoms with van der Waals surface area (Å²) in [5, 5.41) is 3.58. The van der Waals surface area contributed by atoms with Crippen LogP contribution in [0, 0.1) is 6.92 Å². The Balaban J connectivity index is 2.02. The van der Waals surface area contributed by atoms with Crippen LogP contribution in [0.4, 0.5) is 11.4 Å². The summed E-state index contributed by atoms with van der Waals surface area (Å²) in [5.74, 6) is 0. The Morgan fingerprint density at radius 3 is 2.80 bits per heavy atom. The van der Waals surface area contributed by atoms with Gasteiger partial charge in [0.05, 0.1) is 16.9 Å². The van der Waals surface area contributed by atoms with Crippen LogP contribution >= 0.6 is 0 Å². The summed E-state index contributed by atoms with van der Waals surface area (Å²) in [6, 6.07) is 6.70. The number of likely N-dealkylation sites (N-methyl/N-ethyl adjacent to an activating group) is 1. The number of fused-ring (bicyclic) bond motifs is 1. The Labute approximate surface area is 91.3 Å². The van der Waals surface area contributed by atoms with E-state index >= 15 is 0 Å². The molecule has 2 heteroatoms. The van der Waals surface area contributed by atoms with Crippen molar-refractivity contribution in [3.8, 4) is 0 Å². The number of hydrogen-bond acceptors (Lipinski definition) is 2. The monoisotopic (exact) mass is 202 g/mol. The van der Waals surface area contributed by atoms with Crippen molar-refractivity contribution >= 4 is 11.4 Å². The second-order valence-electron chi connectivity index (χ2n) is 5.01. The molecule has 1 aliphatic heterocycles. The Hall–Kier alpha value is -1.18. The van der Waals surface area contributed by atoms with Gasteiger partial charge in [-0.2, -0.15) is 0 Å². The fraction of sp³-hybridized carbons (Fsp3) is 0.538. The molecule has 1 heterocycles. The van der Waals surface area contributed by atoms with Crippen molar-refractivity contribution < 1.29 is 0 Å². The summed E-state index contributed by atoms with van der Waals surface area (Å²) in [6.07, 6.45) is 4.06. The number of hydrogen-bond donors (Lipinski definition) is 1. The highest BCUT2D eigenvalue weighted by Crippen LogP contribution is 2.45. The zero-order chi connectivity index (χ0) is 10.5. The highest BCUT2D eigenvalue weighted by molar-refractivity contribution is 5.74. The number of nitrogens with zero attached hydrogens (tertiary/aromatic N) is 1. The SMILES string of the molecule is Cc1ccc2c(c1)NCC1(CCC1)N2C. The molecule has 2 aliphatic rings. The Morgan fingerprint density at radius 2 is 2.13 bits per heavy atom. The fourth-order valence-electron chi connectivity index (χ4n) is 2.81. The first-order chi connectivity index (χ1) is 7.21. The Kier molecular flexibility index (Phi) is 1.76. The standard InChI is InChI=1S/C13H18N2/c1-10-4-5-12-11(8-10)14-9-13(15(12)2)6-3-7-13/h4-5,8,14H,3,6-7,9H2,1-2H3. The first-order valence-electron chi connectivity index (χ1n) is 5.80. The van der Waals surface area contributed by atoms with Crippen LogP contribution in [0.2, 0.25) is 0 Å². The molecule has 1 N–H and O–H groups in total. The van der Waals surface area contributed by atoms with Gasteiger partial charge < -0.3 is 10.2 Å². The van der Waals surface area contributed by atoms with Crippen molar-refractivity contribution in [3.63, 3.8) is 0 Å². The van der Waals surface area contributed by atoms with E-state index in [1.807, 2.05) is 0 Å². The largest absolute Gasteiger partial charge is 0.381 e. The molecular weight excluding hydrogens is 184 g/mol. The quantitative estimate of drug-likeness (QED) is 0.696. The van der Waals surface area contributed by atoms with E-state index in [-0.39, 0.29) is 0 Å². The first kappa shape index (κ1) is 9.08. The zero-order valence-electron chi connectivity index (χ0n) is 9.51. The molecule has 0 amide bonds. The van der Waals surface area contributed by atoms with E-state index in [1.54, 1.807) is 0 Å². The van der Waals surface area contributed by atoms with Gasteiger partial charge in [0.15, 0.2) is 0 Å². The molecule has 0 unspecified atom stereocenters. The van der Waals surface area contributed by atoms with Gasteiger partial charge in [-0.05, 0) is 43.9 Å². The minimum Gasteiger partial charge on any atom is -0.381 e. The summed E-state index contributed by atoms with van der Waals surface area (Å²) in [7, 11) is 2.24. The molecule has 1 saturated carbocycles. The Morgan fingerprint density at radius 1 is 1.33 bits per heavy atom. The molecule has 0 saturated heterocycles. The predicted octanol–water partition coefficient (Wildman–Crippen LogP) is 2.78. The normalized spacial score (nSPS) is 21.9. The van der Waals surface area contributed by atoms with Crippen LogP contribution in [-0.2, 0) is 0 Å². The highest BCUT2D eigenvalue weighted by Gasteiger charge is 2.43. The van der Waals surface area contributed by atoms with E-state index < -0.39 is 0 Å². The maximum atomic E-state index is 3.58. The van der Waals surface area contributed by atoms with E-state index in [2.05, 4.69) is 42.4 Å². The average molecular weight is 202 g/mol. The van der Waals surface area contributed by atoms with Crippen molar-refractivity contribution in [2.24, 2.45) is 0 Å². The van der Waals surface area contributed by atoms with Crippen LogP contribution in [0.3, 0.4) is 0 Å². The fourth-order valence-corrected chi connectivity index (χ4v) is 2.81. The zero-order valence-corrected chi connectivity index (χ0v) is 9.51. The minimum absolute atomic E-state index is 0.419. The number of rotatable bonds is 0. The van der Waals surface area contributed by atoms with Gasteiger partial charge in [-0.3, -0.25) is 0 Å². The van der Waals surface area contributed by atoms with Gasteiger partial charge in [0.2, 0.25) is 0 Å². The van der Waals surface area contributed by atoms with Crippen LogP contribution in [0.1, 0.15) is 24.8 Å². The second kappa shape index (κ2) is 2.91. The third kappa shape index (κ3) is 1.17. The second-order valence-corrected chi connectivity index (χ2v) is 5.01. The van der Waals surface area contributed by atoms with Crippen LogP contribution in [0.25, 0.3) is 0 Å². The van der Waals surface area contributed by atoms with Gasteiger partial charge in [-0.25, -0.2) is 0 Å². The van der Waals surface area contributed by atoms with E-state index in [0.29, 0.717) is 5.54 Å². The van der Waals surface area contributed by atoms with E-state index in [9.17, 15) is 0 Å². The maximum absolute atomic E-state index is 3.58. The van der Waals surface area contributed by atoms with E-state index in [1.165, 1.54) is 36.2 Å². The number of aryl methyl sites for hydroxylation is 1. The number of benzene rings is 1. The molecule has 0 aromatic heterocycles. The van der Waals surface area contributed by atoms with Crippen molar-refractivity contribution in [2.45, 2.75) is 31.7 Å². The van der Waals surface area contributed by atoms with Crippen LogP contribution < -0.4 is 10.2 Å². The molecule has 2 nitrogen and oxygen atoms in total. The van der Waals surface area contributed by atoms with Gasteiger partial charge in [0.1, 0.15) is 0 Å². The maximum Gasteiger partial charge on any atom is 0.0604 e. The molecule has 0 atom stereocenters. The molecular formula is C13H18N2. The third-order valence-electron chi connectivity index (χ3n) is 4.12. The smallest absolute Gasteiger partial charge is 0.0604 e. The van der Waals surface area contributed by atoms with Crippen molar-refractivity contribution in [2.75, 3.05) is 23.8 Å². The summed E-state index contributed by atoms with van der Waals surface area (Å²) in [4.78, 5) is 2.49. The van der Waals surface area contributed by atoms with Gasteiger partial charge >= 0.3 is 0 Å². The average Bonchev–Trinajstić information content (AvgIpc) is 2.15.